The molecule has 1 aromatic heterocycles. The average molecular weight is 372 g/mol. The number of Topliss-reactive ketones (excluding diaryl/α,β-unsaturated/α-hetero) is 1. The Kier molecular flexibility index (Phi) is 5.04. The van der Waals surface area contributed by atoms with Crippen LogP contribution in [0.2, 0.25) is 0 Å². The molecule has 140 valence electrons. The lowest BCUT2D eigenvalue weighted by Crippen LogP contribution is -2.34. The second-order valence-electron chi connectivity index (χ2n) is 5.81. The van der Waals surface area contributed by atoms with E-state index >= 15 is 0 Å². The van der Waals surface area contributed by atoms with Gasteiger partial charge >= 0.3 is 0 Å². The molecule has 0 aliphatic carbocycles. The van der Waals surface area contributed by atoms with Crippen molar-refractivity contribution in [2.24, 2.45) is 0 Å². The van der Waals surface area contributed by atoms with Gasteiger partial charge in [0.15, 0.2) is 11.5 Å². The molecule has 0 fully saturated rings. The number of nitro groups is 1. The van der Waals surface area contributed by atoms with Gasteiger partial charge in [-0.1, -0.05) is 0 Å². The first-order valence-corrected chi connectivity index (χ1v) is 8.01. The monoisotopic (exact) mass is 372 g/mol. The van der Waals surface area contributed by atoms with Gasteiger partial charge in [0.25, 0.3) is 11.6 Å². The second kappa shape index (κ2) is 7.42. The zero-order chi connectivity index (χ0) is 19.6. The third-order valence-corrected chi connectivity index (χ3v) is 4.25. The minimum absolute atomic E-state index is 0.0233. The zero-order valence-corrected chi connectivity index (χ0v) is 14.3. The number of hydrogen-bond donors (Lipinski definition) is 1. The third kappa shape index (κ3) is 3.32. The van der Waals surface area contributed by atoms with E-state index in [1.165, 1.54) is 54.7 Å². The lowest BCUT2D eigenvalue weighted by molar-refractivity contribution is -0.384. The molecule has 1 atom stereocenters. The lowest BCUT2D eigenvalue weighted by Gasteiger charge is -2.26. The molecule has 0 unspecified atom stereocenters. The first-order valence-electron chi connectivity index (χ1n) is 8.01. The van der Waals surface area contributed by atoms with Gasteiger partial charge in [0.1, 0.15) is 0 Å². The Morgan fingerprint density at radius 3 is 2.59 bits per heavy atom. The minimum Gasteiger partial charge on any atom is -0.503 e. The highest BCUT2D eigenvalue weighted by Crippen LogP contribution is 2.39. The SMILES string of the molecule is COCCN1C(=O)C(O)=C(C(=O)c2ccco2)[C@@H]1c1ccc([N+](=O)[O-])cc1. The van der Waals surface area contributed by atoms with Gasteiger partial charge < -0.3 is 19.2 Å². The molecule has 0 saturated heterocycles. The van der Waals surface area contributed by atoms with Crippen LogP contribution in [0.25, 0.3) is 0 Å². The summed E-state index contributed by atoms with van der Waals surface area (Å²) in [5, 5.41) is 21.2. The van der Waals surface area contributed by atoms with Crippen LogP contribution < -0.4 is 0 Å². The van der Waals surface area contributed by atoms with Crippen LogP contribution in [0.3, 0.4) is 0 Å². The molecule has 1 amide bonds. The predicted octanol–water partition coefficient (Wildman–Crippen LogP) is 2.41. The molecule has 9 nitrogen and oxygen atoms in total. The zero-order valence-electron chi connectivity index (χ0n) is 14.3. The molecule has 0 radical (unpaired) electrons. The molecule has 3 rings (SSSR count). The van der Waals surface area contributed by atoms with Gasteiger partial charge in [0, 0.05) is 25.8 Å². The Morgan fingerprint density at radius 2 is 2.04 bits per heavy atom. The van der Waals surface area contributed by atoms with Gasteiger partial charge in [-0.3, -0.25) is 19.7 Å². The molecule has 1 aliphatic heterocycles. The normalized spacial score (nSPS) is 16.9. The number of carbonyl (C=O) groups excluding carboxylic acids is 2. The number of non-ortho nitro benzene ring substituents is 1. The Labute approximate surface area is 153 Å². The minimum atomic E-state index is -0.911. The predicted molar refractivity (Wildman–Crippen MR) is 92.1 cm³/mol. The van der Waals surface area contributed by atoms with Crippen molar-refractivity contribution >= 4 is 17.4 Å². The topological polar surface area (TPSA) is 123 Å². The van der Waals surface area contributed by atoms with E-state index < -0.39 is 28.4 Å². The molecule has 0 bridgehead atoms. The summed E-state index contributed by atoms with van der Waals surface area (Å²) in [7, 11) is 1.46. The van der Waals surface area contributed by atoms with Crippen LogP contribution >= 0.6 is 0 Å². The number of methoxy groups -OCH3 is 1. The number of rotatable bonds is 7. The van der Waals surface area contributed by atoms with Gasteiger partial charge in [-0.25, -0.2) is 0 Å². The summed E-state index contributed by atoms with van der Waals surface area (Å²) in [6.07, 6.45) is 1.31. The van der Waals surface area contributed by atoms with Crippen LogP contribution in [-0.4, -0.2) is 46.9 Å². The van der Waals surface area contributed by atoms with Gasteiger partial charge in [0.05, 0.1) is 29.4 Å². The number of aliphatic hydroxyl groups is 1. The van der Waals surface area contributed by atoms with Gasteiger partial charge in [0.2, 0.25) is 5.78 Å². The fourth-order valence-electron chi connectivity index (χ4n) is 2.97. The molecule has 27 heavy (non-hydrogen) atoms. The van der Waals surface area contributed by atoms with Crippen molar-refractivity contribution in [1.82, 2.24) is 4.90 Å². The van der Waals surface area contributed by atoms with E-state index in [0.29, 0.717) is 5.56 Å². The van der Waals surface area contributed by atoms with E-state index in [9.17, 15) is 24.8 Å². The molecule has 2 aromatic rings. The maximum Gasteiger partial charge on any atom is 0.290 e. The number of nitrogens with zero attached hydrogens (tertiary/aromatic N) is 2. The maximum atomic E-state index is 12.8. The van der Waals surface area contributed by atoms with Crippen LogP contribution in [0, 0.1) is 10.1 Å². The van der Waals surface area contributed by atoms with Crippen molar-refractivity contribution in [2.75, 3.05) is 20.3 Å². The number of amides is 1. The largest absolute Gasteiger partial charge is 0.503 e. The first-order chi connectivity index (χ1) is 13.0. The Bertz CT molecular complexity index is 900. The molecule has 2 heterocycles. The highest BCUT2D eigenvalue weighted by Gasteiger charge is 2.44. The Hall–Kier alpha value is -3.46. The molecule has 1 aliphatic rings. The van der Waals surface area contributed by atoms with Gasteiger partial charge in [-0.15, -0.1) is 0 Å². The van der Waals surface area contributed by atoms with Gasteiger partial charge in [-0.05, 0) is 29.8 Å². The molecule has 0 spiro atoms. The van der Waals surface area contributed by atoms with Crippen molar-refractivity contribution in [1.29, 1.82) is 0 Å². The third-order valence-electron chi connectivity index (χ3n) is 4.25. The van der Waals surface area contributed by atoms with Crippen molar-refractivity contribution in [3.63, 3.8) is 0 Å². The molecule has 9 heteroatoms. The van der Waals surface area contributed by atoms with Crippen LogP contribution in [0.1, 0.15) is 22.2 Å². The smallest absolute Gasteiger partial charge is 0.290 e. The number of nitro benzene ring substituents is 1. The van der Waals surface area contributed by atoms with E-state index in [4.69, 9.17) is 9.15 Å². The van der Waals surface area contributed by atoms with Crippen LogP contribution in [-0.2, 0) is 9.53 Å². The number of carbonyl (C=O) groups is 2. The first kappa shape index (κ1) is 18.3. The Balaban J connectivity index is 2.06. The molecule has 0 saturated carbocycles. The maximum absolute atomic E-state index is 12.8. The standard InChI is InChI=1S/C18H16N2O7/c1-26-10-8-19-15(11-4-6-12(7-5-11)20(24)25)14(17(22)18(19)23)16(21)13-3-2-9-27-13/h2-7,9,15,22H,8,10H2,1H3/t15-/m0/s1. The quantitative estimate of drug-likeness (QED) is 0.450. The highest BCUT2D eigenvalue weighted by molar-refractivity contribution is 6.15. The van der Waals surface area contributed by atoms with Gasteiger partial charge in [-0.2, -0.15) is 0 Å². The summed E-state index contributed by atoms with van der Waals surface area (Å²) in [6, 6.07) is 7.49. The van der Waals surface area contributed by atoms with Crippen molar-refractivity contribution < 1.29 is 28.8 Å². The second-order valence-corrected chi connectivity index (χ2v) is 5.81. The number of benzene rings is 1. The number of aliphatic hydroxyl groups excluding tert-OH is 1. The number of ether oxygens (including phenoxy) is 1. The average Bonchev–Trinajstić information content (AvgIpc) is 3.28. The molecular formula is C18H16N2O7. The molecule has 1 aromatic carbocycles. The van der Waals surface area contributed by atoms with E-state index in [1.54, 1.807) is 0 Å². The van der Waals surface area contributed by atoms with E-state index in [2.05, 4.69) is 0 Å². The van der Waals surface area contributed by atoms with Crippen LogP contribution in [0.4, 0.5) is 5.69 Å². The summed E-state index contributed by atoms with van der Waals surface area (Å²) in [5.74, 6) is -2.04. The lowest BCUT2D eigenvalue weighted by atomic mass is 9.95. The van der Waals surface area contributed by atoms with E-state index in [1.807, 2.05) is 0 Å². The Morgan fingerprint density at radius 1 is 1.33 bits per heavy atom. The number of furan rings is 1. The summed E-state index contributed by atoms with van der Waals surface area (Å²) >= 11 is 0. The van der Waals surface area contributed by atoms with Crippen LogP contribution in [0.5, 0.6) is 0 Å². The summed E-state index contributed by atoms with van der Waals surface area (Å²) in [5.41, 5.74) is 0.183. The molecular weight excluding hydrogens is 356 g/mol. The van der Waals surface area contributed by atoms with E-state index in [-0.39, 0.29) is 30.2 Å². The number of ketones is 1. The summed E-state index contributed by atoms with van der Waals surface area (Å²) in [6.45, 7) is 0.306. The van der Waals surface area contributed by atoms with Crippen molar-refractivity contribution in [3.05, 3.63) is 75.4 Å². The van der Waals surface area contributed by atoms with Crippen LogP contribution in [0.15, 0.2) is 58.4 Å². The van der Waals surface area contributed by atoms with Crippen molar-refractivity contribution in [3.8, 4) is 0 Å². The summed E-state index contributed by atoms with van der Waals surface area (Å²) < 4.78 is 10.1. The number of hydrogen-bond acceptors (Lipinski definition) is 7. The fraction of sp³-hybridized carbons (Fsp3) is 0.222. The van der Waals surface area contributed by atoms with E-state index in [0.717, 1.165) is 0 Å². The fourth-order valence-corrected chi connectivity index (χ4v) is 2.97. The van der Waals surface area contributed by atoms with Crippen molar-refractivity contribution in [2.45, 2.75) is 6.04 Å². The molecule has 1 N–H and O–H groups in total. The summed E-state index contributed by atoms with van der Waals surface area (Å²) in [4.78, 5) is 37.0. The highest BCUT2D eigenvalue weighted by atomic mass is 16.6.